The van der Waals surface area contributed by atoms with E-state index in [4.69, 9.17) is 24.7 Å². The van der Waals surface area contributed by atoms with Crippen molar-refractivity contribution in [2.45, 2.75) is 193 Å². The van der Waals surface area contributed by atoms with Crippen molar-refractivity contribution in [3.05, 3.63) is 0 Å². The van der Waals surface area contributed by atoms with Crippen molar-refractivity contribution in [3.63, 3.8) is 0 Å². The number of cyclic esters (lactones) is 1. The standard InChI is InChI=1S/C24H40N2O6.C24H42O5.2CH4/c1-8-31-23(26-12-20(25)29)21(16(6)27)15(5)22(17(7)28)24(30)32-19-11-14(4)9-10-18(19)13(2)3;1-6-8-17-10-9-16(3)20(12-11-19-13-18(25)14-22(26)29-19)21(17)15-28-23(27)24(4,5)7-2;;/h13-15,18-19,21-22H,8-12H2,1-7H3,(H2,25,29);16-21,25H,6-15H2,1-5H3;2*1H4/t;16-,17+,18-,19-,20-,21-;;/m.0../s1. The van der Waals surface area contributed by atoms with Crippen LogP contribution in [0.1, 0.15) is 175 Å². The van der Waals surface area contributed by atoms with Crippen molar-refractivity contribution in [2.75, 3.05) is 19.8 Å². The number of amides is 1. The molecule has 2 aliphatic carbocycles. The van der Waals surface area contributed by atoms with Gasteiger partial charge in [0.2, 0.25) is 5.91 Å². The van der Waals surface area contributed by atoms with Crippen LogP contribution in [0.15, 0.2) is 4.99 Å². The van der Waals surface area contributed by atoms with Gasteiger partial charge in [0.15, 0.2) is 5.90 Å². The molecule has 2 saturated carbocycles. The summed E-state index contributed by atoms with van der Waals surface area (Å²) < 4.78 is 22.8. The van der Waals surface area contributed by atoms with Gasteiger partial charge in [0.1, 0.15) is 36.2 Å². The number of aliphatic hydroxyl groups is 1. The number of Topliss-reactive ketones (excluding diaryl/α,β-unsaturated/α-hetero) is 2. The highest BCUT2D eigenvalue weighted by Crippen LogP contribution is 2.44. The smallest absolute Gasteiger partial charge is 0.317 e. The molecule has 366 valence electrons. The largest absolute Gasteiger partial charge is 0.481 e. The van der Waals surface area contributed by atoms with Gasteiger partial charge in [-0.25, -0.2) is 4.99 Å². The van der Waals surface area contributed by atoms with Gasteiger partial charge in [-0.05, 0) is 120 Å². The summed E-state index contributed by atoms with van der Waals surface area (Å²) in [6.45, 7) is 23.2. The number of hydrogen-bond donors (Lipinski definition) is 2. The maximum atomic E-state index is 13.2. The van der Waals surface area contributed by atoms with Crippen LogP contribution < -0.4 is 5.73 Å². The van der Waals surface area contributed by atoms with Crippen LogP contribution in [-0.2, 0) is 47.7 Å². The zero-order valence-electron chi connectivity index (χ0n) is 39.7. The van der Waals surface area contributed by atoms with Crippen molar-refractivity contribution in [1.82, 2.24) is 0 Å². The zero-order valence-corrected chi connectivity index (χ0v) is 39.7. The number of nitrogens with zero attached hydrogens (tertiary/aromatic N) is 1. The Bertz CT molecular complexity index is 1480. The molecule has 6 unspecified atom stereocenters. The Kier molecular flexibility index (Phi) is 27.0. The lowest BCUT2D eigenvalue weighted by atomic mass is 9.64. The summed E-state index contributed by atoms with van der Waals surface area (Å²) in [4.78, 5) is 77.8. The average molecular weight is 895 g/mol. The third-order valence-corrected chi connectivity index (χ3v) is 13.8. The number of aliphatic hydroxyl groups excluding tert-OH is 1. The minimum Gasteiger partial charge on any atom is -0.481 e. The van der Waals surface area contributed by atoms with E-state index in [9.17, 15) is 33.9 Å². The number of carbonyl (C=O) groups is 6. The number of ether oxygens (including phenoxy) is 4. The summed E-state index contributed by atoms with van der Waals surface area (Å²) in [5.74, 6) is -2.27. The number of rotatable bonds is 20. The van der Waals surface area contributed by atoms with Crippen molar-refractivity contribution >= 4 is 41.3 Å². The number of aliphatic imine (C=N–C) groups is 1. The molecule has 0 aromatic heterocycles. The molecular weight excluding hydrogens is 805 g/mol. The fourth-order valence-electron chi connectivity index (χ4n) is 9.81. The van der Waals surface area contributed by atoms with Gasteiger partial charge in [-0.2, -0.15) is 0 Å². The minimum absolute atomic E-state index is 0. The van der Waals surface area contributed by atoms with Gasteiger partial charge in [0.05, 0.1) is 37.1 Å². The molecule has 3 rings (SSSR count). The molecule has 0 radical (unpaired) electrons. The predicted octanol–water partition coefficient (Wildman–Crippen LogP) is 9.12. The van der Waals surface area contributed by atoms with E-state index >= 15 is 0 Å². The number of carbonyl (C=O) groups excluding carboxylic acids is 6. The molecule has 12 atom stereocenters. The summed E-state index contributed by atoms with van der Waals surface area (Å²) in [6.07, 6.45) is 9.65. The Morgan fingerprint density at radius 2 is 1.51 bits per heavy atom. The number of nitrogens with two attached hydrogens (primary N) is 1. The molecule has 1 amide bonds. The predicted molar refractivity (Wildman–Crippen MR) is 248 cm³/mol. The molecule has 1 saturated heterocycles. The van der Waals surface area contributed by atoms with Crippen LogP contribution in [0.2, 0.25) is 0 Å². The number of hydrogen-bond acceptors (Lipinski definition) is 12. The van der Waals surface area contributed by atoms with E-state index in [1.54, 1.807) is 13.8 Å². The molecule has 3 aliphatic rings. The van der Waals surface area contributed by atoms with Gasteiger partial charge in [0, 0.05) is 6.42 Å². The lowest BCUT2D eigenvalue weighted by molar-refractivity contribution is -0.165. The molecule has 13 nitrogen and oxygen atoms in total. The second kappa shape index (κ2) is 28.5. The highest BCUT2D eigenvalue weighted by Gasteiger charge is 2.44. The summed E-state index contributed by atoms with van der Waals surface area (Å²) in [7, 11) is 0. The van der Waals surface area contributed by atoms with E-state index in [2.05, 4.69) is 39.6 Å². The van der Waals surface area contributed by atoms with Gasteiger partial charge in [-0.15, -0.1) is 0 Å². The van der Waals surface area contributed by atoms with Crippen LogP contribution in [0.25, 0.3) is 0 Å². The second-order valence-electron chi connectivity index (χ2n) is 19.4. The van der Waals surface area contributed by atoms with E-state index in [1.165, 1.54) is 33.1 Å². The summed E-state index contributed by atoms with van der Waals surface area (Å²) >= 11 is 0. The third-order valence-electron chi connectivity index (χ3n) is 13.8. The van der Waals surface area contributed by atoms with Crippen LogP contribution in [-0.4, -0.2) is 84.5 Å². The molecule has 13 heteroatoms. The van der Waals surface area contributed by atoms with E-state index in [1.807, 2.05) is 20.8 Å². The van der Waals surface area contributed by atoms with E-state index in [0.717, 1.165) is 44.9 Å². The van der Waals surface area contributed by atoms with E-state index in [0.29, 0.717) is 48.5 Å². The first-order chi connectivity index (χ1) is 28.6. The Hall–Kier alpha value is -3.35. The molecule has 1 heterocycles. The Morgan fingerprint density at radius 3 is 2.03 bits per heavy atom. The van der Waals surface area contributed by atoms with Crippen LogP contribution in [0.4, 0.5) is 0 Å². The van der Waals surface area contributed by atoms with Crippen molar-refractivity contribution in [2.24, 2.45) is 75.3 Å². The zero-order chi connectivity index (χ0) is 46.2. The van der Waals surface area contributed by atoms with Crippen LogP contribution in [0.5, 0.6) is 0 Å². The van der Waals surface area contributed by atoms with Gasteiger partial charge in [-0.1, -0.05) is 89.0 Å². The molecule has 0 aromatic carbocycles. The molecule has 0 bridgehead atoms. The van der Waals surface area contributed by atoms with Crippen LogP contribution >= 0.6 is 0 Å². The molecule has 1 aliphatic heterocycles. The normalized spacial score (nSPS) is 27.7. The maximum Gasteiger partial charge on any atom is 0.317 e. The highest BCUT2D eigenvalue weighted by molar-refractivity contribution is 6.04. The molecule has 3 fully saturated rings. The highest BCUT2D eigenvalue weighted by atomic mass is 16.6. The number of esters is 3. The maximum absolute atomic E-state index is 13.2. The number of primary amides is 1. The molecule has 63 heavy (non-hydrogen) atoms. The van der Waals surface area contributed by atoms with Crippen molar-refractivity contribution < 1.29 is 52.8 Å². The SMILES string of the molecule is C.C.CCC[C@@H]1CC[C@H](C)[C@H](CC[C@H]2C[C@H](O)CC(=O)O2)[C@H]1COC(=O)C(C)(C)CC.CCOC(=NCC(N)=O)C(C(C)=O)C(C)C(C(C)=O)C(=O)OC1CC(C)CCC1C(C)C. The van der Waals surface area contributed by atoms with E-state index in [-0.39, 0.29) is 82.0 Å². The minimum atomic E-state index is -1.15. The van der Waals surface area contributed by atoms with Gasteiger partial charge >= 0.3 is 17.9 Å². The quantitative estimate of drug-likeness (QED) is 0.0389. The summed E-state index contributed by atoms with van der Waals surface area (Å²) in [6, 6.07) is 0. The van der Waals surface area contributed by atoms with Gasteiger partial charge in [0.25, 0.3) is 0 Å². The topological polar surface area (TPSA) is 198 Å². The van der Waals surface area contributed by atoms with Crippen LogP contribution in [0, 0.1) is 64.6 Å². The summed E-state index contributed by atoms with van der Waals surface area (Å²) in [5.41, 5.74) is 4.74. The molecule has 0 spiro atoms. The molecular formula is C50H90N2O11. The van der Waals surface area contributed by atoms with Crippen molar-refractivity contribution in [1.29, 1.82) is 0 Å². The summed E-state index contributed by atoms with van der Waals surface area (Å²) in [5, 5.41) is 9.89. The molecule has 0 aromatic rings. The van der Waals surface area contributed by atoms with Gasteiger partial charge < -0.3 is 29.8 Å². The first-order valence-electron chi connectivity index (χ1n) is 23.3. The second-order valence-corrected chi connectivity index (χ2v) is 19.4. The Morgan fingerprint density at radius 1 is 0.873 bits per heavy atom. The Balaban J connectivity index is 0.00000119. The lowest BCUT2D eigenvalue weighted by Crippen LogP contribution is -2.43. The van der Waals surface area contributed by atoms with Crippen LogP contribution in [0.3, 0.4) is 0 Å². The van der Waals surface area contributed by atoms with Gasteiger partial charge in [-0.3, -0.25) is 28.8 Å². The fraction of sp³-hybridized carbons (Fsp3) is 0.860. The first-order valence-corrected chi connectivity index (χ1v) is 23.3. The van der Waals surface area contributed by atoms with E-state index < -0.39 is 41.1 Å². The lowest BCUT2D eigenvalue weighted by Gasteiger charge is -2.43. The monoisotopic (exact) mass is 895 g/mol. The number of ketones is 2. The molecule has 3 N–H and O–H groups in total. The van der Waals surface area contributed by atoms with Crippen molar-refractivity contribution in [3.8, 4) is 0 Å². The Labute approximate surface area is 381 Å². The first kappa shape index (κ1) is 59.6. The fourth-order valence-corrected chi connectivity index (χ4v) is 9.81. The average Bonchev–Trinajstić information content (AvgIpc) is 3.16. The third kappa shape index (κ3) is 18.6.